The molecule has 0 radical (unpaired) electrons. The number of nitrogens with zero attached hydrogens (tertiary/aromatic N) is 2. The van der Waals surface area contributed by atoms with Gasteiger partial charge in [0.25, 0.3) is 0 Å². The normalized spacial score (nSPS) is 19.6. The third-order valence-corrected chi connectivity index (χ3v) is 7.84. The molecule has 3 aliphatic heterocycles. The summed E-state index contributed by atoms with van der Waals surface area (Å²) in [5, 5.41) is 4.01. The summed E-state index contributed by atoms with van der Waals surface area (Å²) in [7, 11) is 0. The topological polar surface area (TPSA) is 15.6 Å². The monoisotopic (exact) mass is 444 g/mol. The summed E-state index contributed by atoms with van der Waals surface area (Å²) in [5.74, 6) is 0.942. The molecule has 0 aromatic heterocycles. The number of rotatable bonds is 2. The van der Waals surface area contributed by atoms with Crippen molar-refractivity contribution >= 4 is 51.7 Å². The second-order valence-corrected chi connectivity index (χ2v) is 9.65. The van der Waals surface area contributed by atoms with Gasteiger partial charge in [0.15, 0.2) is 5.17 Å². The maximum atomic E-state index is 6.15. The molecule has 0 saturated heterocycles. The SMILES string of the molecule is Clc1ccc(C2=CSC3=NC4=C(CSc5ccccc54)C(c4ccccc4)N23)cc1. The van der Waals surface area contributed by atoms with Gasteiger partial charge < -0.3 is 4.90 Å². The summed E-state index contributed by atoms with van der Waals surface area (Å²) in [6.07, 6.45) is 0. The molecule has 3 aliphatic rings. The fourth-order valence-electron chi connectivity index (χ4n) is 4.25. The van der Waals surface area contributed by atoms with Gasteiger partial charge >= 0.3 is 0 Å². The first-order valence-electron chi connectivity index (χ1n) is 9.80. The third kappa shape index (κ3) is 2.94. The first-order valence-corrected chi connectivity index (χ1v) is 12.0. The number of amidine groups is 1. The maximum Gasteiger partial charge on any atom is 0.174 e. The zero-order chi connectivity index (χ0) is 20.1. The van der Waals surface area contributed by atoms with Crippen LogP contribution in [0.1, 0.15) is 22.7 Å². The highest BCUT2D eigenvalue weighted by Gasteiger charge is 2.40. The van der Waals surface area contributed by atoms with Crippen LogP contribution in [0.2, 0.25) is 5.02 Å². The van der Waals surface area contributed by atoms with Gasteiger partial charge in [0.1, 0.15) is 0 Å². The van der Waals surface area contributed by atoms with Crippen LogP contribution in [0.4, 0.5) is 0 Å². The van der Waals surface area contributed by atoms with Crippen molar-refractivity contribution in [3.8, 4) is 0 Å². The Morgan fingerprint density at radius 3 is 2.50 bits per heavy atom. The number of halogens is 1. The molecule has 0 amide bonds. The lowest BCUT2D eigenvalue weighted by Crippen LogP contribution is -2.34. The molecule has 0 bridgehead atoms. The number of fused-ring (bicyclic) bond motifs is 3. The first kappa shape index (κ1) is 18.4. The van der Waals surface area contributed by atoms with Crippen LogP contribution in [0.5, 0.6) is 0 Å². The second kappa shape index (κ2) is 7.38. The van der Waals surface area contributed by atoms with E-state index in [2.05, 4.69) is 77.0 Å². The molecule has 2 nitrogen and oxygen atoms in total. The van der Waals surface area contributed by atoms with E-state index in [9.17, 15) is 0 Å². The average Bonchev–Trinajstić information content (AvgIpc) is 3.22. The Bertz CT molecular complexity index is 1230. The standard InChI is InChI=1S/C25H17ClN2S2/c26-18-12-10-16(11-13-18)21-15-30-25-27-23-19-8-4-5-9-22(19)29-14-20(23)24(28(21)25)17-6-2-1-3-7-17/h1-13,15,24H,14H2. The molecule has 30 heavy (non-hydrogen) atoms. The number of benzene rings is 3. The third-order valence-electron chi connectivity index (χ3n) is 5.62. The molecule has 0 saturated carbocycles. The van der Waals surface area contributed by atoms with Gasteiger partial charge in [-0.1, -0.05) is 84.0 Å². The van der Waals surface area contributed by atoms with Crippen LogP contribution in [0.3, 0.4) is 0 Å². The highest BCUT2D eigenvalue weighted by atomic mass is 35.5. The molecule has 3 aromatic rings. The van der Waals surface area contributed by atoms with Crippen molar-refractivity contribution in [2.24, 2.45) is 4.99 Å². The average molecular weight is 445 g/mol. The van der Waals surface area contributed by atoms with Crippen LogP contribution < -0.4 is 0 Å². The molecule has 0 N–H and O–H groups in total. The Balaban J connectivity index is 1.53. The van der Waals surface area contributed by atoms with E-state index in [0.717, 1.165) is 27.2 Å². The van der Waals surface area contributed by atoms with E-state index in [-0.39, 0.29) is 6.04 Å². The number of hydrogen-bond acceptors (Lipinski definition) is 4. The fraction of sp³-hybridized carbons (Fsp3) is 0.0800. The molecular weight excluding hydrogens is 428 g/mol. The van der Waals surface area contributed by atoms with E-state index >= 15 is 0 Å². The highest BCUT2D eigenvalue weighted by Crippen LogP contribution is 2.52. The van der Waals surface area contributed by atoms with Gasteiger partial charge in [-0.05, 0) is 34.9 Å². The summed E-state index contributed by atoms with van der Waals surface area (Å²) in [6, 6.07) is 27.6. The number of thioether (sulfide) groups is 2. The lowest BCUT2D eigenvalue weighted by Gasteiger charge is -2.39. The molecular formula is C25H17ClN2S2. The molecule has 0 fully saturated rings. The van der Waals surface area contributed by atoms with Gasteiger partial charge in [-0.25, -0.2) is 4.99 Å². The van der Waals surface area contributed by atoms with Crippen molar-refractivity contribution in [1.82, 2.24) is 4.90 Å². The van der Waals surface area contributed by atoms with Gasteiger partial charge in [0.2, 0.25) is 0 Å². The van der Waals surface area contributed by atoms with E-state index in [1.54, 1.807) is 11.8 Å². The van der Waals surface area contributed by atoms with Crippen LogP contribution in [0, 0.1) is 0 Å². The van der Waals surface area contributed by atoms with Crippen molar-refractivity contribution < 1.29 is 0 Å². The number of aliphatic imine (C=N–C) groups is 1. The molecule has 1 unspecified atom stereocenters. The van der Waals surface area contributed by atoms with Crippen molar-refractivity contribution in [3.05, 3.63) is 112 Å². The summed E-state index contributed by atoms with van der Waals surface area (Å²) in [6.45, 7) is 0. The lowest BCUT2D eigenvalue weighted by atomic mass is 9.92. The molecule has 1 atom stereocenters. The van der Waals surface area contributed by atoms with Gasteiger partial charge in [-0.15, -0.1) is 11.8 Å². The molecule has 3 aromatic carbocycles. The largest absolute Gasteiger partial charge is 0.308 e. The predicted molar refractivity (Wildman–Crippen MR) is 130 cm³/mol. The van der Waals surface area contributed by atoms with Crippen molar-refractivity contribution in [2.75, 3.05) is 5.75 Å². The van der Waals surface area contributed by atoms with E-state index in [1.165, 1.54) is 27.3 Å². The van der Waals surface area contributed by atoms with Crippen molar-refractivity contribution in [1.29, 1.82) is 0 Å². The Hall–Kier alpha value is -2.40. The molecule has 6 rings (SSSR count). The van der Waals surface area contributed by atoms with E-state index in [0.29, 0.717) is 0 Å². The molecule has 146 valence electrons. The second-order valence-electron chi connectivity index (χ2n) is 7.36. The first-order chi connectivity index (χ1) is 14.8. The zero-order valence-corrected chi connectivity index (χ0v) is 18.3. The molecule has 0 spiro atoms. The van der Waals surface area contributed by atoms with Crippen LogP contribution in [-0.2, 0) is 0 Å². The smallest absolute Gasteiger partial charge is 0.174 e. The highest BCUT2D eigenvalue weighted by molar-refractivity contribution is 8.16. The summed E-state index contributed by atoms with van der Waals surface area (Å²) in [4.78, 5) is 8.88. The van der Waals surface area contributed by atoms with Crippen LogP contribution >= 0.6 is 35.1 Å². The van der Waals surface area contributed by atoms with E-state index in [4.69, 9.17) is 16.6 Å². The maximum absolute atomic E-state index is 6.15. The summed E-state index contributed by atoms with van der Waals surface area (Å²) >= 11 is 9.76. The Morgan fingerprint density at radius 1 is 0.900 bits per heavy atom. The van der Waals surface area contributed by atoms with Crippen LogP contribution in [-0.4, -0.2) is 15.8 Å². The Labute approximate surface area is 189 Å². The van der Waals surface area contributed by atoms with E-state index < -0.39 is 0 Å². The quantitative estimate of drug-likeness (QED) is 0.412. The minimum Gasteiger partial charge on any atom is -0.308 e. The lowest BCUT2D eigenvalue weighted by molar-refractivity contribution is 0.490. The van der Waals surface area contributed by atoms with Gasteiger partial charge in [0.05, 0.1) is 17.4 Å². The van der Waals surface area contributed by atoms with Crippen LogP contribution in [0.25, 0.3) is 11.4 Å². The molecule has 3 heterocycles. The van der Waals surface area contributed by atoms with E-state index in [1.807, 2.05) is 23.9 Å². The van der Waals surface area contributed by atoms with Crippen LogP contribution in [0.15, 0.2) is 99.7 Å². The summed E-state index contributed by atoms with van der Waals surface area (Å²) < 4.78 is 0. The fourth-order valence-corrected chi connectivity index (χ4v) is 6.40. The van der Waals surface area contributed by atoms with Gasteiger partial charge in [-0.3, -0.25) is 0 Å². The minimum absolute atomic E-state index is 0.131. The van der Waals surface area contributed by atoms with Crippen molar-refractivity contribution in [3.63, 3.8) is 0 Å². The Kier molecular flexibility index (Phi) is 4.52. The predicted octanol–water partition coefficient (Wildman–Crippen LogP) is 7.32. The molecule has 0 aliphatic carbocycles. The summed E-state index contributed by atoms with van der Waals surface area (Å²) in [5.41, 5.74) is 7.39. The van der Waals surface area contributed by atoms with Gasteiger partial charge in [0, 0.05) is 26.6 Å². The Morgan fingerprint density at radius 2 is 1.67 bits per heavy atom. The van der Waals surface area contributed by atoms with Crippen molar-refractivity contribution in [2.45, 2.75) is 10.9 Å². The molecule has 5 heteroatoms. The number of hydrogen-bond donors (Lipinski definition) is 0. The minimum atomic E-state index is 0.131. The van der Waals surface area contributed by atoms with Gasteiger partial charge in [-0.2, -0.15) is 0 Å². The zero-order valence-electron chi connectivity index (χ0n) is 16.0.